The Hall–Kier alpha value is -1.64. The molecular formula is C19H23NO. The Morgan fingerprint density at radius 1 is 0.810 bits per heavy atom. The van der Waals surface area contributed by atoms with E-state index in [1.807, 2.05) is 0 Å². The van der Waals surface area contributed by atoms with Gasteiger partial charge in [-0.25, -0.2) is 0 Å². The second kappa shape index (κ2) is 6.88. The van der Waals surface area contributed by atoms with Gasteiger partial charge in [0.15, 0.2) is 0 Å². The van der Waals surface area contributed by atoms with Crippen molar-refractivity contribution in [2.24, 2.45) is 0 Å². The Morgan fingerprint density at radius 3 is 1.76 bits per heavy atom. The largest absolute Gasteiger partial charge is 0.393 e. The molecule has 0 spiro atoms. The topological polar surface area (TPSA) is 23.5 Å². The lowest BCUT2D eigenvalue weighted by Crippen LogP contribution is -2.33. The van der Waals surface area contributed by atoms with Crippen LogP contribution in [0.1, 0.15) is 30.4 Å². The van der Waals surface area contributed by atoms with Crippen LogP contribution in [0.4, 0.5) is 0 Å². The van der Waals surface area contributed by atoms with E-state index in [1.54, 1.807) is 0 Å². The molecule has 0 amide bonds. The number of hydrogen-bond acceptors (Lipinski definition) is 2. The van der Waals surface area contributed by atoms with Gasteiger partial charge in [0.2, 0.25) is 0 Å². The van der Waals surface area contributed by atoms with Crippen LogP contribution in [0.25, 0.3) is 0 Å². The van der Waals surface area contributed by atoms with E-state index >= 15 is 0 Å². The van der Waals surface area contributed by atoms with Gasteiger partial charge in [0.25, 0.3) is 0 Å². The molecule has 2 heteroatoms. The second-order valence-electron chi connectivity index (χ2n) is 6.00. The van der Waals surface area contributed by atoms with E-state index in [-0.39, 0.29) is 6.10 Å². The Kier molecular flexibility index (Phi) is 4.69. The average Bonchev–Trinajstić information content (AvgIpc) is 2.95. The van der Waals surface area contributed by atoms with Gasteiger partial charge in [0, 0.05) is 19.1 Å². The first-order valence-electron chi connectivity index (χ1n) is 7.81. The van der Waals surface area contributed by atoms with Crippen molar-refractivity contribution in [1.29, 1.82) is 0 Å². The summed E-state index contributed by atoms with van der Waals surface area (Å²) in [7, 11) is 0. The minimum Gasteiger partial charge on any atom is -0.393 e. The summed E-state index contributed by atoms with van der Waals surface area (Å²) >= 11 is 0. The summed E-state index contributed by atoms with van der Waals surface area (Å²) in [5.41, 5.74) is 2.68. The molecule has 0 radical (unpaired) electrons. The molecule has 0 aliphatic heterocycles. The number of aliphatic hydroxyl groups is 1. The van der Waals surface area contributed by atoms with E-state index in [0.717, 1.165) is 32.4 Å². The van der Waals surface area contributed by atoms with Crippen LogP contribution in [-0.4, -0.2) is 22.2 Å². The van der Waals surface area contributed by atoms with Crippen LogP contribution >= 0.6 is 0 Å². The Labute approximate surface area is 127 Å². The lowest BCUT2D eigenvalue weighted by molar-refractivity contribution is 0.142. The van der Waals surface area contributed by atoms with Crippen molar-refractivity contribution < 1.29 is 5.11 Å². The summed E-state index contributed by atoms with van der Waals surface area (Å²) in [6.45, 7) is 1.90. The monoisotopic (exact) mass is 281 g/mol. The van der Waals surface area contributed by atoms with Gasteiger partial charge in [0.1, 0.15) is 0 Å². The highest BCUT2D eigenvalue weighted by Crippen LogP contribution is 2.27. The number of hydrogen-bond donors (Lipinski definition) is 1. The van der Waals surface area contributed by atoms with E-state index in [1.165, 1.54) is 11.1 Å². The van der Waals surface area contributed by atoms with E-state index in [4.69, 9.17) is 0 Å². The van der Waals surface area contributed by atoms with E-state index in [9.17, 15) is 5.11 Å². The van der Waals surface area contributed by atoms with Crippen molar-refractivity contribution in [1.82, 2.24) is 4.90 Å². The Bertz CT molecular complexity index is 499. The number of rotatable bonds is 5. The summed E-state index contributed by atoms with van der Waals surface area (Å²) in [5, 5.41) is 9.85. The maximum absolute atomic E-state index is 9.85. The van der Waals surface area contributed by atoms with Gasteiger partial charge in [0.05, 0.1) is 6.10 Å². The quantitative estimate of drug-likeness (QED) is 0.905. The van der Waals surface area contributed by atoms with Crippen LogP contribution in [-0.2, 0) is 13.1 Å². The standard InChI is InChI=1S/C19H23NO/c21-19-12-11-18(13-19)20(14-16-7-3-1-4-8-16)15-17-9-5-2-6-10-17/h1-10,18-19,21H,11-15H2/t18-,19+/m0/s1. The minimum absolute atomic E-state index is 0.121. The summed E-state index contributed by atoms with van der Waals surface area (Å²) in [4.78, 5) is 2.51. The molecular weight excluding hydrogens is 258 g/mol. The molecule has 0 unspecified atom stereocenters. The lowest BCUT2D eigenvalue weighted by Gasteiger charge is -2.29. The van der Waals surface area contributed by atoms with Crippen molar-refractivity contribution in [3.8, 4) is 0 Å². The normalized spacial score (nSPS) is 21.8. The van der Waals surface area contributed by atoms with Crippen molar-refractivity contribution in [2.45, 2.75) is 44.5 Å². The molecule has 2 aromatic rings. The van der Waals surface area contributed by atoms with Gasteiger partial charge >= 0.3 is 0 Å². The first-order valence-corrected chi connectivity index (χ1v) is 7.81. The van der Waals surface area contributed by atoms with E-state index < -0.39 is 0 Å². The third-order valence-electron chi connectivity index (χ3n) is 4.35. The fourth-order valence-corrected chi connectivity index (χ4v) is 3.22. The predicted octanol–water partition coefficient (Wildman–Crippen LogP) is 3.60. The number of benzene rings is 2. The molecule has 1 aliphatic carbocycles. The molecule has 0 aromatic heterocycles. The van der Waals surface area contributed by atoms with Gasteiger partial charge < -0.3 is 5.11 Å². The third kappa shape index (κ3) is 3.93. The first-order chi connectivity index (χ1) is 10.3. The van der Waals surface area contributed by atoms with Gasteiger partial charge in [-0.15, -0.1) is 0 Å². The molecule has 2 nitrogen and oxygen atoms in total. The fourth-order valence-electron chi connectivity index (χ4n) is 3.22. The zero-order chi connectivity index (χ0) is 14.5. The summed E-state index contributed by atoms with van der Waals surface area (Å²) in [6, 6.07) is 21.7. The maximum atomic E-state index is 9.85. The van der Waals surface area contributed by atoms with Gasteiger partial charge in [-0.05, 0) is 30.4 Å². The van der Waals surface area contributed by atoms with Gasteiger partial charge in [-0.2, -0.15) is 0 Å². The van der Waals surface area contributed by atoms with Crippen molar-refractivity contribution in [2.75, 3.05) is 0 Å². The summed E-state index contributed by atoms with van der Waals surface area (Å²) < 4.78 is 0. The molecule has 1 saturated carbocycles. The maximum Gasteiger partial charge on any atom is 0.0555 e. The smallest absolute Gasteiger partial charge is 0.0555 e. The molecule has 0 heterocycles. The molecule has 0 saturated heterocycles. The molecule has 21 heavy (non-hydrogen) atoms. The average molecular weight is 281 g/mol. The number of aliphatic hydroxyl groups excluding tert-OH is 1. The van der Waals surface area contributed by atoms with Crippen LogP contribution in [0.3, 0.4) is 0 Å². The first kappa shape index (κ1) is 14.3. The van der Waals surface area contributed by atoms with Gasteiger partial charge in [-0.3, -0.25) is 4.90 Å². The van der Waals surface area contributed by atoms with Crippen LogP contribution in [0, 0.1) is 0 Å². The highest BCUT2D eigenvalue weighted by Gasteiger charge is 2.28. The van der Waals surface area contributed by atoms with E-state index in [2.05, 4.69) is 65.6 Å². The summed E-state index contributed by atoms with van der Waals surface area (Å²) in [5.74, 6) is 0. The molecule has 3 rings (SSSR count). The van der Waals surface area contributed by atoms with E-state index in [0.29, 0.717) is 6.04 Å². The van der Waals surface area contributed by atoms with Crippen molar-refractivity contribution in [3.63, 3.8) is 0 Å². The minimum atomic E-state index is -0.121. The highest BCUT2D eigenvalue weighted by molar-refractivity contribution is 5.17. The summed E-state index contributed by atoms with van der Waals surface area (Å²) in [6.07, 6.45) is 2.81. The molecule has 110 valence electrons. The molecule has 0 bridgehead atoms. The second-order valence-corrected chi connectivity index (χ2v) is 6.00. The Balaban J connectivity index is 1.74. The Morgan fingerprint density at radius 2 is 1.33 bits per heavy atom. The van der Waals surface area contributed by atoms with Crippen molar-refractivity contribution >= 4 is 0 Å². The zero-order valence-corrected chi connectivity index (χ0v) is 12.4. The highest BCUT2D eigenvalue weighted by atomic mass is 16.3. The lowest BCUT2D eigenvalue weighted by atomic mass is 10.1. The van der Waals surface area contributed by atoms with Gasteiger partial charge in [-0.1, -0.05) is 60.7 Å². The predicted molar refractivity (Wildman–Crippen MR) is 85.8 cm³/mol. The fraction of sp³-hybridized carbons (Fsp3) is 0.368. The van der Waals surface area contributed by atoms with Crippen LogP contribution in [0.15, 0.2) is 60.7 Å². The van der Waals surface area contributed by atoms with Crippen LogP contribution < -0.4 is 0 Å². The molecule has 2 atom stereocenters. The molecule has 1 N–H and O–H groups in total. The van der Waals surface area contributed by atoms with Crippen LogP contribution in [0.5, 0.6) is 0 Å². The van der Waals surface area contributed by atoms with Crippen molar-refractivity contribution in [3.05, 3.63) is 71.8 Å². The third-order valence-corrected chi connectivity index (χ3v) is 4.35. The zero-order valence-electron chi connectivity index (χ0n) is 12.4. The molecule has 2 aromatic carbocycles. The van der Waals surface area contributed by atoms with Crippen LogP contribution in [0.2, 0.25) is 0 Å². The molecule has 1 aliphatic rings. The molecule has 1 fully saturated rings. The SMILES string of the molecule is O[C@@H]1CC[C@H](N(Cc2ccccc2)Cc2ccccc2)C1. The number of nitrogens with zero attached hydrogens (tertiary/aromatic N) is 1.